The normalized spacial score (nSPS) is 10.3. The maximum absolute atomic E-state index is 13.6. The molecule has 0 saturated heterocycles. The zero-order valence-electron chi connectivity index (χ0n) is 10.1. The summed E-state index contributed by atoms with van der Waals surface area (Å²) in [6, 6.07) is 8.07. The first-order chi connectivity index (χ1) is 9.47. The van der Waals surface area contributed by atoms with Gasteiger partial charge in [-0.1, -0.05) is 23.7 Å². The number of halogens is 3. The van der Waals surface area contributed by atoms with Crippen LogP contribution >= 0.6 is 11.6 Å². The topological polar surface area (TPSA) is 55.2 Å². The van der Waals surface area contributed by atoms with E-state index in [4.69, 9.17) is 11.6 Å². The second-order valence-electron chi connectivity index (χ2n) is 4.02. The van der Waals surface area contributed by atoms with E-state index in [0.717, 1.165) is 5.56 Å². The summed E-state index contributed by atoms with van der Waals surface area (Å²) in [6.07, 6.45) is 0. The Kier molecular flexibility index (Phi) is 4.14. The molecule has 0 saturated carbocycles. The van der Waals surface area contributed by atoms with Crippen LogP contribution in [-0.4, -0.2) is 4.92 Å². The maximum atomic E-state index is 13.6. The summed E-state index contributed by atoms with van der Waals surface area (Å²) < 4.78 is 27.2. The van der Waals surface area contributed by atoms with Crippen LogP contribution in [-0.2, 0) is 6.54 Å². The highest BCUT2D eigenvalue weighted by Crippen LogP contribution is 2.25. The fraction of sp³-hybridized carbons (Fsp3) is 0.0769. The predicted molar refractivity (Wildman–Crippen MR) is 71.8 cm³/mol. The highest BCUT2D eigenvalue weighted by molar-refractivity contribution is 6.30. The van der Waals surface area contributed by atoms with Crippen molar-refractivity contribution in [3.63, 3.8) is 0 Å². The summed E-state index contributed by atoms with van der Waals surface area (Å²) in [5, 5.41) is 13.6. The molecule has 2 aromatic carbocycles. The van der Waals surface area contributed by atoms with Crippen molar-refractivity contribution in [2.45, 2.75) is 6.54 Å². The van der Waals surface area contributed by atoms with E-state index in [9.17, 15) is 18.9 Å². The first-order valence-electron chi connectivity index (χ1n) is 5.59. The molecule has 7 heteroatoms. The summed E-state index contributed by atoms with van der Waals surface area (Å²) in [4.78, 5) is 9.62. The maximum Gasteiger partial charge on any atom is 0.275 e. The SMILES string of the molecule is O=[N+]([O-])c1cc(F)c(NCc2ccc(Cl)cc2)c(F)c1. The molecule has 0 aromatic heterocycles. The molecule has 2 rings (SSSR count). The number of rotatable bonds is 4. The van der Waals surface area contributed by atoms with Crippen molar-refractivity contribution in [1.82, 2.24) is 0 Å². The van der Waals surface area contributed by atoms with Gasteiger partial charge in [0.05, 0.1) is 17.1 Å². The monoisotopic (exact) mass is 298 g/mol. The second-order valence-corrected chi connectivity index (χ2v) is 4.46. The molecule has 0 atom stereocenters. The number of hydrogen-bond acceptors (Lipinski definition) is 3. The first-order valence-corrected chi connectivity index (χ1v) is 5.97. The number of nitrogens with one attached hydrogen (secondary N) is 1. The molecule has 0 spiro atoms. The van der Waals surface area contributed by atoms with Crippen LogP contribution in [0.1, 0.15) is 5.56 Å². The summed E-state index contributed by atoms with van der Waals surface area (Å²) >= 11 is 5.72. The van der Waals surface area contributed by atoms with Gasteiger partial charge in [0, 0.05) is 11.6 Å². The van der Waals surface area contributed by atoms with E-state index >= 15 is 0 Å². The molecule has 0 amide bonds. The number of hydrogen-bond donors (Lipinski definition) is 1. The zero-order chi connectivity index (χ0) is 14.7. The fourth-order valence-electron chi connectivity index (χ4n) is 1.63. The molecule has 1 N–H and O–H groups in total. The second kappa shape index (κ2) is 5.83. The molecule has 0 aliphatic rings. The Morgan fingerprint density at radius 1 is 1.15 bits per heavy atom. The van der Waals surface area contributed by atoms with Crippen LogP contribution in [0, 0.1) is 21.7 Å². The summed E-state index contributed by atoms with van der Waals surface area (Å²) in [6.45, 7) is 0.169. The minimum atomic E-state index is -1.01. The number of nitrogens with zero attached hydrogens (tertiary/aromatic N) is 1. The van der Waals surface area contributed by atoms with Crippen molar-refractivity contribution in [3.05, 3.63) is 68.7 Å². The molecule has 20 heavy (non-hydrogen) atoms. The van der Waals surface area contributed by atoms with Crippen molar-refractivity contribution >= 4 is 23.0 Å². The van der Waals surface area contributed by atoms with Crippen LogP contribution in [0.3, 0.4) is 0 Å². The molecule has 0 aliphatic carbocycles. The Bertz CT molecular complexity index is 624. The van der Waals surface area contributed by atoms with Crippen LogP contribution in [0.4, 0.5) is 20.2 Å². The van der Waals surface area contributed by atoms with Gasteiger partial charge in [-0.2, -0.15) is 0 Å². The lowest BCUT2D eigenvalue weighted by molar-refractivity contribution is -0.385. The number of nitro benzene ring substituents is 1. The van der Waals surface area contributed by atoms with Crippen molar-refractivity contribution in [3.8, 4) is 0 Å². The smallest absolute Gasteiger partial charge is 0.275 e. The quantitative estimate of drug-likeness (QED) is 0.682. The van der Waals surface area contributed by atoms with E-state index in [-0.39, 0.29) is 6.54 Å². The molecule has 0 unspecified atom stereocenters. The Hall–Kier alpha value is -2.21. The molecule has 0 bridgehead atoms. The third-order valence-corrected chi connectivity index (χ3v) is 2.87. The van der Waals surface area contributed by atoms with E-state index in [1.165, 1.54) is 0 Å². The van der Waals surface area contributed by atoms with E-state index in [2.05, 4.69) is 5.32 Å². The standard InChI is InChI=1S/C13H9ClF2N2O2/c14-9-3-1-8(2-4-9)7-17-13-11(15)5-10(18(19)20)6-12(13)16/h1-6,17H,7H2. The van der Waals surface area contributed by atoms with E-state index < -0.39 is 27.9 Å². The molecule has 0 heterocycles. The van der Waals surface area contributed by atoms with Crippen molar-refractivity contribution in [1.29, 1.82) is 0 Å². The average molecular weight is 299 g/mol. The largest absolute Gasteiger partial charge is 0.376 e. The van der Waals surface area contributed by atoms with Crippen LogP contribution < -0.4 is 5.32 Å². The fourth-order valence-corrected chi connectivity index (χ4v) is 1.75. The zero-order valence-corrected chi connectivity index (χ0v) is 10.8. The highest BCUT2D eigenvalue weighted by Gasteiger charge is 2.16. The van der Waals surface area contributed by atoms with Gasteiger partial charge in [-0.25, -0.2) is 8.78 Å². The molecular weight excluding hydrogens is 290 g/mol. The van der Waals surface area contributed by atoms with E-state index in [1.807, 2.05) is 0 Å². The molecule has 2 aromatic rings. The van der Waals surface area contributed by atoms with Gasteiger partial charge in [-0.3, -0.25) is 10.1 Å². The molecule has 0 fully saturated rings. The van der Waals surface area contributed by atoms with E-state index in [0.29, 0.717) is 17.2 Å². The lowest BCUT2D eigenvalue weighted by Gasteiger charge is -2.09. The van der Waals surface area contributed by atoms with Gasteiger partial charge >= 0.3 is 0 Å². The molecular formula is C13H9ClF2N2O2. The van der Waals surface area contributed by atoms with Crippen molar-refractivity contribution in [2.24, 2.45) is 0 Å². The third kappa shape index (κ3) is 3.21. The van der Waals surface area contributed by atoms with Gasteiger partial charge in [0.1, 0.15) is 5.69 Å². The van der Waals surface area contributed by atoms with Crippen LogP contribution in [0.2, 0.25) is 5.02 Å². The predicted octanol–water partition coefficient (Wildman–Crippen LogP) is 4.14. The minimum Gasteiger partial charge on any atom is -0.376 e. The van der Waals surface area contributed by atoms with Gasteiger partial charge in [-0.05, 0) is 17.7 Å². The third-order valence-electron chi connectivity index (χ3n) is 2.62. The van der Waals surface area contributed by atoms with Crippen molar-refractivity contribution in [2.75, 3.05) is 5.32 Å². The summed E-state index contributed by atoms with van der Waals surface area (Å²) in [5.74, 6) is -2.02. The number of anilines is 1. The minimum absolute atomic E-state index is 0.169. The summed E-state index contributed by atoms with van der Waals surface area (Å²) in [5.41, 5.74) is -0.255. The lowest BCUT2D eigenvalue weighted by Crippen LogP contribution is -2.04. The van der Waals surface area contributed by atoms with Gasteiger partial charge in [0.15, 0.2) is 11.6 Å². The lowest BCUT2D eigenvalue weighted by atomic mass is 10.2. The average Bonchev–Trinajstić information content (AvgIpc) is 2.39. The van der Waals surface area contributed by atoms with Gasteiger partial charge in [0.25, 0.3) is 5.69 Å². The number of non-ortho nitro benzene ring substituents is 1. The first kappa shape index (κ1) is 14.2. The number of benzene rings is 2. The van der Waals surface area contributed by atoms with Gasteiger partial charge in [-0.15, -0.1) is 0 Å². The van der Waals surface area contributed by atoms with Crippen LogP contribution in [0.15, 0.2) is 36.4 Å². The summed E-state index contributed by atoms with van der Waals surface area (Å²) in [7, 11) is 0. The molecule has 0 radical (unpaired) electrons. The van der Waals surface area contributed by atoms with Crippen LogP contribution in [0.25, 0.3) is 0 Å². The van der Waals surface area contributed by atoms with Crippen LogP contribution in [0.5, 0.6) is 0 Å². The van der Waals surface area contributed by atoms with E-state index in [1.54, 1.807) is 24.3 Å². The Morgan fingerprint density at radius 2 is 1.70 bits per heavy atom. The Morgan fingerprint density at radius 3 is 2.20 bits per heavy atom. The highest BCUT2D eigenvalue weighted by atomic mass is 35.5. The molecule has 4 nitrogen and oxygen atoms in total. The van der Waals surface area contributed by atoms with Crippen molar-refractivity contribution < 1.29 is 13.7 Å². The van der Waals surface area contributed by atoms with Gasteiger partial charge < -0.3 is 5.32 Å². The number of nitro groups is 1. The molecule has 104 valence electrons. The Balaban J connectivity index is 2.17. The molecule has 0 aliphatic heterocycles. The van der Waals surface area contributed by atoms with Gasteiger partial charge in [0.2, 0.25) is 0 Å². The Labute approximate surface area is 118 Å².